The second kappa shape index (κ2) is 6.83. The maximum Gasteiger partial charge on any atom is 0.410 e. The number of benzene rings is 1. The first-order valence-electron chi connectivity index (χ1n) is 10.5. The van der Waals surface area contributed by atoms with Crippen LogP contribution in [0.5, 0.6) is 0 Å². The molecule has 0 N–H and O–H groups in total. The molecule has 1 aliphatic heterocycles. The molecule has 1 spiro atoms. The minimum atomic E-state index is -0.421. The lowest BCUT2D eigenvalue weighted by atomic mass is 9.53. The van der Waals surface area contributed by atoms with E-state index in [1.165, 1.54) is 24.0 Å². The van der Waals surface area contributed by atoms with Gasteiger partial charge >= 0.3 is 6.09 Å². The smallest absolute Gasteiger partial charge is 0.410 e. The van der Waals surface area contributed by atoms with E-state index in [-0.39, 0.29) is 11.5 Å². The van der Waals surface area contributed by atoms with Crippen molar-refractivity contribution in [2.45, 2.75) is 91.1 Å². The van der Waals surface area contributed by atoms with Crippen molar-refractivity contribution in [1.29, 1.82) is 0 Å². The lowest BCUT2D eigenvalue weighted by Crippen LogP contribution is -2.50. The summed E-state index contributed by atoms with van der Waals surface area (Å²) in [5, 5.41) is 0. The molecule has 1 atom stereocenters. The first-order valence-corrected chi connectivity index (χ1v) is 10.5. The topological polar surface area (TPSA) is 29.5 Å². The van der Waals surface area contributed by atoms with Crippen molar-refractivity contribution in [2.24, 2.45) is 5.41 Å². The third-order valence-corrected chi connectivity index (χ3v) is 6.60. The van der Waals surface area contributed by atoms with Crippen LogP contribution < -0.4 is 0 Å². The van der Waals surface area contributed by atoms with E-state index < -0.39 is 5.60 Å². The summed E-state index contributed by atoms with van der Waals surface area (Å²) in [6.07, 6.45) is 4.60. The Bertz CT molecular complexity index is 700. The molecular formula is C24H37NO2. The Balaban J connectivity index is 1.73. The van der Waals surface area contributed by atoms with Crippen molar-refractivity contribution >= 4 is 6.09 Å². The number of nitrogens with zero attached hydrogens (tertiary/aromatic N) is 1. The molecule has 2 aliphatic rings. The number of hydrogen-bond donors (Lipinski definition) is 0. The molecule has 1 aromatic rings. The van der Waals surface area contributed by atoms with Crippen LogP contribution >= 0.6 is 0 Å². The lowest BCUT2D eigenvalue weighted by molar-refractivity contribution is -0.0168. The van der Waals surface area contributed by atoms with Crippen LogP contribution in [0.25, 0.3) is 0 Å². The fraction of sp³-hybridized carbons (Fsp3) is 0.708. The van der Waals surface area contributed by atoms with Gasteiger partial charge in [-0.15, -0.1) is 0 Å². The second-order valence-corrected chi connectivity index (χ2v) is 10.7. The monoisotopic (exact) mass is 371 g/mol. The van der Waals surface area contributed by atoms with Crippen molar-refractivity contribution in [1.82, 2.24) is 4.90 Å². The van der Waals surface area contributed by atoms with Crippen LogP contribution in [0.4, 0.5) is 4.79 Å². The number of rotatable bonds is 1. The maximum atomic E-state index is 12.4. The van der Waals surface area contributed by atoms with Gasteiger partial charge in [-0.1, -0.05) is 39.0 Å². The average Bonchev–Trinajstić information content (AvgIpc) is 2.53. The van der Waals surface area contributed by atoms with Crippen molar-refractivity contribution in [3.63, 3.8) is 0 Å². The van der Waals surface area contributed by atoms with E-state index in [1.807, 2.05) is 25.7 Å². The van der Waals surface area contributed by atoms with Gasteiger partial charge in [0.05, 0.1) is 0 Å². The van der Waals surface area contributed by atoms with Gasteiger partial charge in [0.2, 0.25) is 0 Å². The fourth-order valence-electron chi connectivity index (χ4n) is 4.72. The van der Waals surface area contributed by atoms with Crippen LogP contribution in [0, 0.1) is 12.3 Å². The Hall–Kier alpha value is -1.51. The van der Waals surface area contributed by atoms with E-state index in [4.69, 9.17) is 4.74 Å². The summed E-state index contributed by atoms with van der Waals surface area (Å²) in [6, 6.07) is 7.05. The average molecular weight is 372 g/mol. The van der Waals surface area contributed by atoms with Crippen LogP contribution in [-0.4, -0.2) is 29.7 Å². The summed E-state index contributed by atoms with van der Waals surface area (Å²) in [6.45, 7) is 16.6. The summed E-state index contributed by atoms with van der Waals surface area (Å²) in [5.74, 6) is 0.639. The summed E-state index contributed by atoms with van der Waals surface area (Å²) >= 11 is 0. The highest BCUT2D eigenvalue weighted by atomic mass is 16.6. The number of piperidine rings is 1. The van der Waals surface area contributed by atoms with E-state index in [0.29, 0.717) is 11.3 Å². The predicted octanol–water partition coefficient (Wildman–Crippen LogP) is 6.19. The third kappa shape index (κ3) is 4.17. The molecule has 1 saturated carbocycles. The van der Waals surface area contributed by atoms with Crippen molar-refractivity contribution < 1.29 is 9.53 Å². The summed E-state index contributed by atoms with van der Waals surface area (Å²) < 4.78 is 5.57. The quantitative estimate of drug-likeness (QED) is 0.589. The molecule has 3 nitrogen and oxygen atoms in total. The van der Waals surface area contributed by atoms with Crippen LogP contribution in [0.2, 0.25) is 0 Å². The van der Waals surface area contributed by atoms with Gasteiger partial charge in [-0.2, -0.15) is 0 Å². The van der Waals surface area contributed by atoms with Gasteiger partial charge < -0.3 is 9.64 Å². The molecule has 1 heterocycles. The van der Waals surface area contributed by atoms with Gasteiger partial charge in [-0.3, -0.25) is 0 Å². The first-order chi connectivity index (χ1) is 12.4. The lowest BCUT2D eigenvalue weighted by Gasteiger charge is -2.54. The predicted molar refractivity (Wildman–Crippen MR) is 111 cm³/mol. The highest BCUT2D eigenvalue weighted by Gasteiger charge is 2.49. The Morgan fingerprint density at radius 3 is 2.19 bits per heavy atom. The number of likely N-dealkylation sites (tertiary alicyclic amines) is 1. The van der Waals surface area contributed by atoms with E-state index in [2.05, 4.69) is 45.9 Å². The largest absolute Gasteiger partial charge is 0.444 e. The SMILES string of the molecule is Cc1ccc(C(C)(C)C)cc1C1CCC12CCN(C(=O)OC(C)(C)C)CC2. The van der Waals surface area contributed by atoms with Crippen molar-refractivity contribution in [3.8, 4) is 0 Å². The van der Waals surface area contributed by atoms with Gasteiger partial charge in [-0.05, 0) is 86.8 Å². The number of aryl methyl sites for hydroxylation is 1. The Morgan fingerprint density at radius 2 is 1.70 bits per heavy atom. The molecule has 1 amide bonds. The Morgan fingerprint density at radius 1 is 1.07 bits per heavy atom. The number of hydrogen-bond acceptors (Lipinski definition) is 2. The molecule has 0 aromatic heterocycles. The highest BCUT2D eigenvalue weighted by molar-refractivity contribution is 5.68. The standard InChI is InChI=1S/C24H37NO2/c1-17-8-9-18(22(2,3)4)16-19(17)20-10-11-24(20)12-14-25(15-13-24)21(26)27-23(5,6)7/h8-9,16,20H,10-15H2,1-7H3. The third-order valence-electron chi connectivity index (χ3n) is 6.60. The number of carbonyl (C=O) groups excluding carboxylic acids is 1. The molecule has 2 fully saturated rings. The first kappa shape index (κ1) is 20.2. The van der Waals surface area contributed by atoms with E-state index in [9.17, 15) is 4.79 Å². The summed E-state index contributed by atoms with van der Waals surface area (Å²) in [4.78, 5) is 14.3. The van der Waals surface area contributed by atoms with Gasteiger partial charge in [0.25, 0.3) is 0 Å². The normalized spacial score (nSPS) is 22.5. The fourth-order valence-corrected chi connectivity index (χ4v) is 4.72. The van der Waals surface area contributed by atoms with Crippen molar-refractivity contribution in [3.05, 3.63) is 34.9 Å². The van der Waals surface area contributed by atoms with Gasteiger partial charge in [0.1, 0.15) is 5.60 Å². The van der Waals surface area contributed by atoms with Crippen molar-refractivity contribution in [2.75, 3.05) is 13.1 Å². The van der Waals surface area contributed by atoms with Gasteiger partial charge in [0, 0.05) is 13.1 Å². The molecular weight excluding hydrogens is 334 g/mol. The molecule has 27 heavy (non-hydrogen) atoms. The van der Waals surface area contributed by atoms with Crippen LogP contribution in [-0.2, 0) is 10.2 Å². The second-order valence-electron chi connectivity index (χ2n) is 10.7. The van der Waals surface area contributed by atoms with E-state index >= 15 is 0 Å². The van der Waals surface area contributed by atoms with E-state index in [0.717, 1.165) is 25.9 Å². The molecule has 3 heteroatoms. The zero-order valence-corrected chi connectivity index (χ0v) is 18.3. The molecule has 1 aromatic carbocycles. The molecule has 0 bridgehead atoms. The molecule has 0 radical (unpaired) electrons. The molecule has 1 saturated heterocycles. The Labute approximate surface area is 165 Å². The molecule has 1 aliphatic carbocycles. The Kier molecular flexibility index (Phi) is 5.12. The zero-order chi connectivity index (χ0) is 20.0. The van der Waals surface area contributed by atoms with Gasteiger partial charge in [0.15, 0.2) is 0 Å². The van der Waals surface area contributed by atoms with Gasteiger partial charge in [-0.25, -0.2) is 4.79 Å². The molecule has 1 unspecified atom stereocenters. The zero-order valence-electron chi connectivity index (χ0n) is 18.3. The highest BCUT2D eigenvalue weighted by Crippen LogP contribution is 2.59. The van der Waals surface area contributed by atoms with Crippen LogP contribution in [0.15, 0.2) is 18.2 Å². The maximum absolute atomic E-state index is 12.4. The minimum absolute atomic E-state index is 0.154. The summed E-state index contributed by atoms with van der Waals surface area (Å²) in [7, 11) is 0. The number of carbonyl (C=O) groups is 1. The molecule has 3 rings (SSSR count). The minimum Gasteiger partial charge on any atom is -0.444 e. The molecule has 150 valence electrons. The van der Waals surface area contributed by atoms with Crippen LogP contribution in [0.3, 0.4) is 0 Å². The number of amides is 1. The van der Waals surface area contributed by atoms with Crippen LogP contribution in [0.1, 0.15) is 89.8 Å². The number of ether oxygens (including phenoxy) is 1. The summed E-state index contributed by atoms with van der Waals surface area (Å²) in [5.41, 5.74) is 4.52. The van der Waals surface area contributed by atoms with E-state index in [1.54, 1.807) is 5.56 Å².